The van der Waals surface area contributed by atoms with Crippen molar-refractivity contribution in [3.63, 3.8) is 0 Å². The summed E-state index contributed by atoms with van der Waals surface area (Å²) in [6, 6.07) is 16.0. The molecule has 4 rings (SSSR count). The molecule has 0 aliphatic carbocycles. The van der Waals surface area contributed by atoms with E-state index in [2.05, 4.69) is 4.98 Å². The van der Waals surface area contributed by atoms with Crippen LogP contribution in [0.4, 0.5) is 0 Å². The first kappa shape index (κ1) is 23.4. The van der Waals surface area contributed by atoms with Gasteiger partial charge < -0.3 is 4.90 Å². The van der Waals surface area contributed by atoms with Crippen molar-refractivity contribution in [3.8, 4) is 0 Å². The van der Waals surface area contributed by atoms with Crippen molar-refractivity contribution in [2.45, 2.75) is 37.8 Å². The summed E-state index contributed by atoms with van der Waals surface area (Å²) in [5.41, 5.74) is 3.12. The van der Waals surface area contributed by atoms with Crippen LogP contribution in [0.2, 0.25) is 5.02 Å². The van der Waals surface area contributed by atoms with Crippen LogP contribution < -0.4 is 0 Å². The standard InChI is InChI=1S/C25H26ClN3O3S/c1-19-7-2-3-9-21(19)18-28(17-20-8-6-12-27-16-20)25(30)23-15-22(10-11-24(23)26)33(31,32)29-13-4-5-14-29/h2-3,6-12,15-16H,4-5,13-14,17-18H2,1H3. The van der Waals surface area contributed by atoms with Crippen molar-refractivity contribution in [1.29, 1.82) is 0 Å². The van der Waals surface area contributed by atoms with Crippen molar-refractivity contribution < 1.29 is 13.2 Å². The minimum absolute atomic E-state index is 0.0920. The van der Waals surface area contributed by atoms with Gasteiger partial charge in [0.1, 0.15) is 0 Å². The maximum Gasteiger partial charge on any atom is 0.256 e. The van der Waals surface area contributed by atoms with E-state index in [1.54, 1.807) is 17.3 Å². The molecule has 1 aliphatic rings. The number of amides is 1. The summed E-state index contributed by atoms with van der Waals surface area (Å²) >= 11 is 6.41. The van der Waals surface area contributed by atoms with E-state index < -0.39 is 10.0 Å². The van der Waals surface area contributed by atoms with Crippen molar-refractivity contribution in [3.05, 3.63) is 94.3 Å². The molecule has 1 fully saturated rings. The van der Waals surface area contributed by atoms with Gasteiger partial charge in [0.2, 0.25) is 10.0 Å². The zero-order valence-electron chi connectivity index (χ0n) is 18.4. The van der Waals surface area contributed by atoms with Gasteiger partial charge in [0.15, 0.2) is 0 Å². The Bertz CT molecular complexity index is 1240. The monoisotopic (exact) mass is 483 g/mol. The lowest BCUT2D eigenvalue weighted by Gasteiger charge is -2.25. The van der Waals surface area contributed by atoms with E-state index in [1.807, 2.05) is 43.3 Å². The molecule has 1 amide bonds. The van der Waals surface area contributed by atoms with Gasteiger partial charge in [-0.25, -0.2) is 8.42 Å². The molecule has 0 spiro atoms. The molecule has 0 atom stereocenters. The third-order valence-corrected chi connectivity index (χ3v) is 8.10. The number of carbonyl (C=O) groups excluding carboxylic acids is 1. The van der Waals surface area contributed by atoms with Crippen LogP contribution in [0.1, 0.15) is 39.9 Å². The summed E-state index contributed by atoms with van der Waals surface area (Å²) in [5.74, 6) is -0.328. The Morgan fingerprint density at radius 1 is 1.06 bits per heavy atom. The fraction of sp³-hybridized carbons (Fsp3) is 0.280. The average molecular weight is 484 g/mol. The Hall–Kier alpha value is -2.74. The Morgan fingerprint density at radius 2 is 1.82 bits per heavy atom. The summed E-state index contributed by atoms with van der Waals surface area (Å²) < 4.78 is 27.6. The third kappa shape index (κ3) is 5.27. The van der Waals surface area contributed by atoms with Gasteiger partial charge in [-0.05, 0) is 60.7 Å². The number of pyridine rings is 1. The van der Waals surface area contributed by atoms with Crippen LogP contribution in [0, 0.1) is 6.92 Å². The molecule has 0 unspecified atom stereocenters. The number of carbonyl (C=O) groups is 1. The molecule has 2 heterocycles. The SMILES string of the molecule is Cc1ccccc1CN(Cc1cccnc1)C(=O)c1cc(S(=O)(=O)N2CCCC2)ccc1Cl. The third-order valence-electron chi connectivity index (χ3n) is 5.88. The highest BCUT2D eigenvalue weighted by Crippen LogP contribution is 2.27. The lowest BCUT2D eigenvalue weighted by Crippen LogP contribution is -2.31. The summed E-state index contributed by atoms with van der Waals surface area (Å²) in [4.78, 5) is 19.6. The van der Waals surface area contributed by atoms with Gasteiger partial charge >= 0.3 is 0 Å². The van der Waals surface area contributed by atoms with E-state index in [9.17, 15) is 13.2 Å². The largest absolute Gasteiger partial charge is 0.330 e. The molecule has 0 N–H and O–H groups in total. The van der Waals surface area contributed by atoms with Gasteiger partial charge in [-0.3, -0.25) is 9.78 Å². The van der Waals surface area contributed by atoms with E-state index in [0.29, 0.717) is 26.2 Å². The second-order valence-electron chi connectivity index (χ2n) is 8.20. The zero-order chi connectivity index (χ0) is 23.4. The first-order chi connectivity index (χ1) is 15.9. The van der Waals surface area contributed by atoms with Gasteiger partial charge in [-0.15, -0.1) is 0 Å². The van der Waals surface area contributed by atoms with E-state index in [-0.39, 0.29) is 21.4 Å². The zero-order valence-corrected chi connectivity index (χ0v) is 20.0. The minimum Gasteiger partial charge on any atom is -0.330 e. The van der Waals surface area contributed by atoms with E-state index in [4.69, 9.17) is 11.6 Å². The van der Waals surface area contributed by atoms with Crippen LogP contribution in [0.3, 0.4) is 0 Å². The van der Waals surface area contributed by atoms with Gasteiger partial charge in [0.05, 0.1) is 15.5 Å². The molecule has 3 aromatic rings. The molecule has 0 bridgehead atoms. The minimum atomic E-state index is -3.67. The molecular formula is C25H26ClN3O3S. The number of sulfonamides is 1. The summed E-state index contributed by atoms with van der Waals surface area (Å²) in [6.07, 6.45) is 5.08. The van der Waals surface area contributed by atoms with Crippen LogP contribution in [0.25, 0.3) is 0 Å². The van der Waals surface area contributed by atoms with E-state index in [0.717, 1.165) is 29.5 Å². The molecule has 8 heteroatoms. The number of halogens is 1. The molecular weight excluding hydrogens is 458 g/mol. The Labute approximate surface area is 199 Å². The Morgan fingerprint density at radius 3 is 2.52 bits per heavy atom. The smallest absolute Gasteiger partial charge is 0.256 e. The van der Waals surface area contributed by atoms with Crippen LogP contribution in [-0.2, 0) is 23.1 Å². The lowest BCUT2D eigenvalue weighted by molar-refractivity contribution is 0.0729. The van der Waals surface area contributed by atoms with Gasteiger partial charge in [0, 0.05) is 38.6 Å². The molecule has 2 aromatic carbocycles. The highest BCUT2D eigenvalue weighted by Gasteiger charge is 2.29. The highest BCUT2D eigenvalue weighted by atomic mass is 35.5. The molecule has 1 aromatic heterocycles. The Balaban J connectivity index is 1.70. The van der Waals surface area contributed by atoms with Gasteiger partial charge in [-0.1, -0.05) is 41.9 Å². The molecule has 6 nitrogen and oxygen atoms in total. The van der Waals surface area contributed by atoms with Crippen molar-refractivity contribution in [2.75, 3.05) is 13.1 Å². The maximum absolute atomic E-state index is 13.7. The van der Waals surface area contributed by atoms with Gasteiger partial charge in [-0.2, -0.15) is 4.31 Å². The number of rotatable bonds is 7. The second kappa shape index (κ2) is 10.0. The number of hydrogen-bond acceptors (Lipinski definition) is 4. The number of aryl methyl sites for hydroxylation is 1. The van der Waals surface area contributed by atoms with Crippen molar-refractivity contribution in [2.24, 2.45) is 0 Å². The molecule has 172 valence electrons. The number of benzene rings is 2. The van der Waals surface area contributed by atoms with Crippen LogP contribution in [0.5, 0.6) is 0 Å². The van der Waals surface area contributed by atoms with E-state index >= 15 is 0 Å². The highest BCUT2D eigenvalue weighted by molar-refractivity contribution is 7.89. The molecule has 1 aliphatic heterocycles. The van der Waals surface area contributed by atoms with Crippen molar-refractivity contribution in [1.82, 2.24) is 14.2 Å². The quantitative estimate of drug-likeness (QED) is 0.489. The maximum atomic E-state index is 13.7. The average Bonchev–Trinajstić information content (AvgIpc) is 3.36. The first-order valence-corrected chi connectivity index (χ1v) is 12.7. The normalized spacial score (nSPS) is 14.4. The van der Waals surface area contributed by atoms with Crippen LogP contribution >= 0.6 is 11.6 Å². The predicted molar refractivity (Wildman–Crippen MR) is 128 cm³/mol. The second-order valence-corrected chi connectivity index (χ2v) is 10.5. The summed E-state index contributed by atoms with van der Waals surface area (Å²) in [5, 5.41) is 0.223. The first-order valence-electron chi connectivity index (χ1n) is 10.9. The number of hydrogen-bond donors (Lipinski definition) is 0. The predicted octanol–water partition coefficient (Wildman–Crippen LogP) is 4.67. The molecule has 1 saturated heterocycles. The fourth-order valence-corrected chi connectivity index (χ4v) is 5.72. The Kier molecular flexibility index (Phi) is 7.12. The topological polar surface area (TPSA) is 70.6 Å². The number of aromatic nitrogens is 1. The molecule has 0 saturated carbocycles. The van der Waals surface area contributed by atoms with Gasteiger partial charge in [0.25, 0.3) is 5.91 Å². The molecule has 33 heavy (non-hydrogen) atoms. The van der Waals surface area contributed by atoms with Crippen LogP contribution in [-0.4, -0.2) is 41.6 Å². The van der Waals surface area contributed by atoms with E-state index in [1.165, 1.54) is 22.5 Å². The fourth-order valence-electron chi connectivity index (χ4n) is 3.98. The lowest BCUT2D eigenvalue weighted by atomic mass is 10.1. The van der Waals surface area contributed by atoms with Crippen molar-refractivity contribution >= 4 is 27.5 Å². The van der Waals surface area contributed by atoms with Crippen LogP contribution in [0.15, 0.2) is 71.9 Å². The number of nitrogens with zero attached hydrogens (tertiary/aromatic N) is 3. The molecule has 0 radical (unpaired) electrons. The summed E-state index contributed by atoms with van der Waals surface area (Å²) in [6.45, 7) is 3.67. The summed E-state index contributed by atoms with van der Waals surface area (Å²) in [7, 11) is -3.67.